The van der Waals surface area contributed by atoms with E-state index < -0.39 is 54.8 Å². The van der Waals surface area contributed by atoms with Crippen LogP contribution in [0.3, 0.4) is 0 Å². The van der Waals surface area contributed by atoms with Crippen LogP contribution in [0.5, 0.6) is 23.1 Å². The number of aromatic nitrogens is 2. The van der Waals surface area contributed by atoms with Crippen molar-refractivity contribution in [3.05, 3.63) is 99.7 Å². The summed E-state index contributed by atoms with van der Waals surface area (Å²) in [6.07, 6.45) is 10.5. The molecule has 6 aliphatic rings. The van der Waals surface area contributed by atoms with Crippen molar-refractivity contribution < 1.29 is 47.0 Å². The van der Waals surface area contributed by atoms with Crippen LogP contribution >= 0.6 is 0 Å². The number of nitrogens with zero attached hydrogens (tertiary/aromatic N) is 5. The number of hydrogen-bond acceptors (Lipinski definition) is 15. The minimum absolute atomic E-state index is 0.0264. The van der Waals surface area contributed by atoms with E-state index in [2.05, 4.69) is 62.9 Å². The Morgan fingerprint density at radius 1 is 0.949 bits per heavy atom. The molecule has 3 aromatic carbocycles. The molecule has 79 heavy (non-hydrogen) atoms. The topological polar surface area (TPSA) is 231 Å². The molecule has 20 heteroatoms. The number of carbonyl (C=O) groups is 2. The second kappa shape index (κ2) is 21.1. The van der Waals surface area contributed by atoms with Crippen LogP contribution in [0.15, 0.2) is 77.8 Å². The Morgan fingerprint density at radius 3 is 2.44 bits per heavy atom. The zero-order chi connectivity index (χ0) is 55.6. The summed E-state index contributed by atoms with van der Waals surface area (Å²) < 4.78 is 55.7. The number of H-pyrrole nitrogens is 1. The highest BCUT2D eigenvalue weighted by Gasteiger charge is 2.50. The number of nitro groups is 1. The number of nitro benzene ring substituents is 1. The predicted octanol–water partition coefficient (Wildman–Crippen LogP) is 10.6. The van der Waals surface area contributed by atoms with E-state index in [1.165, 1.54) is 36.1 Å². The van der Waals surface area contributed by atoms with E-state index in [0.29, 0.717) is 67.7 Å². The van der Waals surface area contributed by atoms with E-state index >= 15 is 0 Å². The van der Waals surface area contributed by atoms with Gasteiger partial charge in [0, 0.05) is 73.6 Å². The molecule has 0 radical (unpaired) electrons. The molecule has 3 saturated heterocycles. The summed E-state index contributed by atoms with van der Waals surface area (Å²) in [5.41, 5.74) is 2.39. The van der Waals surface area contributed by atoms with Gasteiger partial charge in [-0.25, -0.2) is 17.9 Å². The van der Waals surface area contributed by atoms with Crippen molar-refractivity contribution in [1.29, 1.82) is 0 Å². The molecule has 1 spiro atoms. The van der Waals surface area contributed by atoms with Gasteiger partial charge in [-0.2, -0.15) is 4.98 Å². The number of ether oxygens (including phenoxy) is 4. The van der Waals surface area contributed by atoms with Crippen molar-refractivity contribution >= 4 is 50.1 Å². The molecule has 6 heterocycles. The Kier molecular flexibility index (Phi) is 14.5. The average molecular weight is 1100 g/mol. The van der Waals surface area contributed by atoms with Crippen LogP contribution < -0.4 is 29.1 Å². The van der Waals surface area contributed by atoms with Gasteiger partial charge in [0.25, 0.3) is 27.5 Å². The first-order valence-corrected chi connectivity index (χ1v) is 29.6. The standard InChI is InChI=1S/C59H74N8O11S/c1-36(2)43-10-7-8-11-44(43)47-12-9-24-66(47)40-32-59(33-40)21-26-64(27-22-59)39-13-14-45(49(29-39)77-51-28-38-17-23-60-53(38)62-55(51)76-41-18-25-65(34-41)56(69)78-57(3,4)5)54(68)63-79(73,74)42-30-48(67(71)72)52-50(31-42)75-35-46(61-52)37-15-19-58(6,70)20-16-37/h7-8,10-11,13-14,17,23,28-31,36-37,40-41,46-47,61,70H,9,12,15-16,18-22,24-27,32-35H2,1-6H3,(H,60,62)(H,63,68)/t37-,41-,46-,47-,58-/m1/s1. The Hall–Kier alpha value is -6.64. The number of piperidine rings is 1. The van der Waals surface area contributed by atoms with Gasteiger partial charge in [0.1, 0.15) is 29.7 Å². The Bertz CT molecular complexity index is 3240. The highest BCUT2D eigenvalue weighted by atomic mass is 32.2. The zero-order valence-corrected chi connectivity index (χ0v) is 46.9. The van der Waals surface area contributed by atoms with Crippen molar-refractivity contribution in [1.82, 2.24) is 24.5 Å². The molecule has 4 N–H and O–H groups in total. The number of aliphatic hydroxyl groups is 1. The molecule has 2 aliphatic carbocycles. The minimum Gasteiger partial charge on any atom is -0.489 e. The minimum atomic E-state index is -4.77. The lowest BCUT2D eigenvalue weighted by atomic mass is 9.59. The summed E-state index contributed by atoms with van der Waals surface area (Å²) in [4.78, 5) is 53.5. The van der Waals surface area contributed by atoms with Gasteiger partial charge in [0.05, 0.1) is 33.6 Å². The number of anilines is 2. The van der Waals surface area contributed by atoms with Crippen molar-refractivity contribution in [2.75, 3.05) is 49.5 Å². The summed E-state index contributed by atoms with van der Waals surface area (Å²) in [7, 11) is -4.77. The molecule has 3 atom stereocenters. The highest BCUT2D eigenvalue weighted by Crippen LogP contribution is 2.55. The van der Waals surface area contributed by atoms with Crippen LogP contribution in [0.1, 0.15) is 146 Å². The van der Waals surface area contributed by atoms with Crippen molar-refractivity contribution in [3.8, 4) is 23.1 Å². The van der Waals surface area contributed by atoms with Gasteiger partial charge >= 0.3 is 6.09 Å². The van der Waals surface area contributed by atoms with Crippen molar-refractivity contribution in [3.63, 3.8) is 0 Å². The van der Waals surface area contributed by atoms with Crippen LogP contribution in [0.2, 0.25) is 0 Å². The molecule has 0 bridgehead atoms. The van der Waals surface area contributed by atoms with Crippen LogP contribution in [-0.2, 0) is 14.8 Å². The van der Waals surface area contributed by atoms with E-state index in [-0.39, 0.29) is 64.9 Å². The number of likely N-dealkylation sites (tertiary alicyclic amines) is 2. The number of amides is 2. The number of benzene rings is 3. The molecule has 5 fully saturated rings. The molecule has 2 aromatic heterocycles. The summed E-state index contributed by atoms with van der Waals surface area (Å²) in [5.74, 6) is -0.254. The highest BCUT2D eigenvalue weighted by molar-refractivity contribution is 7.90. The van der Waals surface area contributed by atoms with Crippen LogP contribution in [-0.4, -0.2) is 119 Å². The van der Waals surface area contributed by atoms with Crippen molar-refractivity contribution in [2.24, 2.45) is 11.3 Å². The number of pyridine rings is 1. The Morgan fingerprint density at radius 2 is 1.71 bits per heavy atom. The number of hydrogen-bond donors (Lipinski definition) is 4. The average Bonchev–Trinajstić information content (AvgIpc) is 4.25. The summed E-state index contributed by atoms with van der Waals surface area (Å²) >= 11 is 0. The van der Waals surface area contributed by atoms with Crippen LogP contribution in [0, 0.1) is 21.4 Å². The van der Waals surface area contributed by atoms with E-state index in [1.807, 2.05) is 26.8 Å². The quantitative estimate of drug-likeness (QED) is 0.0635. The van der Waals surface area contributed by atoms with E-state index in [9.17, 15) is 33.2 Å². The van der Waals surface area contributed by atoms with Gasteiger partial charge in [-0.1, -0.05) is 38.1 Å². The molecule has 19 nitrogen and oxygen atoms in total. The number of nitrogens with one attached hydrogen (secondary N) is 3. The van der Waals surface area contributed by atoms with Gasteiger partial charge in [-0.15, -0.1) is 0 Å². The fraction of sp³-hybridized carbons (Fsp3) is 0.542. The molecule has 2 amide bonds. The summed E-state index contributed by atoms with van der Waals surface area (Å²) in [6.45, 7) is 15.2. The zero-order valence-electron chi connectivity index (χ0n) is 46.1. The molecule has 422 valence electrons. The first kappa shape index (κ1) is 54.3. The predicted molar refractivity (Wildman–Crippen MR) is 299 cm³/mol. The number of sulfonamides is 1. The molecule has 5 aromatic rings. The number of aromatic amines is 1. The molecular weight excluding hydrogens is 1030 g/mol. The molecule has 11 rings (SSSR count). The fourth-order valence-electron chi connectivity index (χ4n) is 13.1. The Labute approximate surface area is 461 Å². The van der Waals surface area contributed by atoms with Crippen LogP contribution in [0.4, 0.5) is 21.9 Å². The number of rotatable bonds is 13. The maximum atomic E-state index is 14.6. The maximum Gasteiger partial charge on any atom is 0.410 e. The third-order valence-corrected chi connectivity index (χ3v) is 18.8. The van der Waals surface area contributed by atoms with E-state index in [0.717, 1.165) is 57.1 Å². The monoisotopic (exact) mass is 1100 g/mol. The van der Waals surface area contributed by atoms with E-state index in [1.54, 1.807) is 36.2 Å². The fourth-order valence-corrected chi connectivity index (χ4v) is 14.1. The lowest BCUT2D eigenvalue weighted by Gasteiger charge is -2.56. The second-order valence-electron chi connectivity index (χ2n) is 24.6. The molecular formula is C59H74N8O11S. The maximum absolute atomic E-state index is 14.6. The Balaban J connectivity index is 0.852. The van der Waals surface area contributed by atoms with Gasteiger partial charge in [-0.05, 0) is 151 Å². The SMILES string of the molecule is CC(C)c1ccccc1[C@H]1CCCN1C1CC2(CCN(c3ccc(C(=O)NS(=O)(=O)c4cc5c(c([N+](=O)[O-])c4)N[C@@H]([C@H]4CC[C@](C)(O)CC4)CO5)c(Oc4cc5cc[nH]c5nc4O[C@@H]4CCN(C(=O)OC(C)(C)C)C4)c3)CC2)C1. The van der Waals surface area contributed by atoms with Crippen LogP contribution in [0.25, 0.3) is 11.0 Å². The smallest absolute Gasteiger partial charge is 0.410 e. The first-order valence-electron chi connectivity index (χ1n) is 28.2. The lowest BCUT2D eigenvalue weighted by Crippen LogP contribution is -2.54. The summed E-state index contributed by atoms with van der Waals surface area (Å²) in [6, 6.07) is 20.4. The summed E-state index contributed by atoms with van der Waals surface area (Å²) in [5, 5.41) is 27.0. The van der Waals surface area contributed by atoms with Crippen molar-refractivity contribution in [2.45, 2.75) is 158 Å². The molecule has 4 aliphatic heterocycles. The van der Waals surface area contributed by atoms with Gasteiger partial charge in [0.15, 0.2) is 17.2 Å². The first-order chi connectivity index (χ1) is 37.6. The lowest BCUT2D eigenvalue weighted by molar-refractivity contribution is -0.384. The number of carbonyl (C=O) groups excluding carboxylic acids is 2. The second-order valence-corrected chi connectivity index (χ2v) is 26.3. The van der Waals surface area contributed by atoms with Gasteiger partial charge < -0.3 is 44.2 Å². The molecule has 0 unspecified atom stereocenters. The van der Waals surface area contributed by atoms with Gasteiger partial charge in [0.2, 0.25) is 0 Å². The third kappa shape index (κ3) is 11.4. The largest absolute Gasteiger partial charge is 0.489 e. The molecule has 2 saturated carbocycles. The van der Waals surface area contributed by atoms with Gasteiger partial charge in [-0.3, -0.25) is 19.8 Å². The normalized spacial score (nSPS) is 24.4. The van der Waals surface area contributed by atoms with E-state index in [4.69, 9.17) is 23.9 Å². The third-order valence-electron chi connectivity index (χ3n) is 17.5. The number of fused-ring (bicyclic) bond motifs is 2.